The highest BCUT2D eigenvalue weighted by Gasteiger charge is 2.38. The van der Waals surface area contributed by atoms with Crippen molar-refractivity contribution in [3.8, 4) is 0 Å². The molecule has 2 aromatic rings. The molecular formula is C16H14F3N3O3. The predicted octanol–water partition coefficient (Wildman–Crippen LogP) is 2.01. The highest BCUT2D eigenvalue weighted by atomic mass is 19.4. The van der Waals surface area contributed by atoms with Crippen molar-refractivity contribution in [1.82, 2.24) is 14.9 Å². The van der Waals surface area contributed by atoms with Gasteiger partial charge in [-0.05, 0) is 11.6 Å². The number of carbonyl (C=O) groups excluding carboxylic acids is 1. The Bertz CT molecular complexity index is 816. The number of imidazole rings is 1. The second-order valence-electron chi connectivity index (χ2n) is 5.74. The van der Waals surface area contributed by atoms with Crippen molar-refractivity contribution in [1.29, 1.82) is 0 Å². The molecule has 0 saturated heterocycles. The van der Waals surface area contributed by atoms with Crippen LogP contribution in [0.3, 0.4) is 0 Å². The molecule has 1 atom stereocenters. The van der Waals surface area contributed by atoms with Crippen LogP contribution in [0.4, 0.5) is 13.2 Å². The summed E-state index contributed by atoms with van der Waals surface area (Å²) in [5.74, 6) is -1.89. The van der Waals surface area contributed by atoms with E-state index in [0.717, 1.165) is 11.0 Å². The van der Waals surface area contributed by atoms with Gasteiger partial charge in [0, 0.05) is 6.42 Å². The average molecular weight is 353 g/mol. The van der Waals surface area contributed by atoms with Gasteiger partial charge >= 0.3 is 12.1 Å². The predicted molar refractivity (Wildman–Crippen MR) is 79.4 cm³/mol. The van der Waals surface area contributed by atoms with Crippen LogP contribution >= 0.6 is 0 Å². The number of aromatic nitrogens is 2. The Labute approximate surface area is 140 Å². The van der Waals surface area contributed by atoms with Crippen LogP contribution in [0.5, 0.6) is 0 Å². The number of aliphatic carboxylic acids is 1. The highest BCUT2D eigenvalue weighted by Crippen LogP contribution is 2.32. The topological polar surface area (TPSA) is 86.3 Å². The molecule has 0 radical (unpaired) electrons. The Morgan fingerprint density at radius 3 is 2.72 bits per heavy atom. The van der Waals surface area contributed by atoms with E-state index >= 15 is 0 Å². The van der Waals surface area contributed by atoms with Gasteiger partial charge in [-0.2, -0.15) is 13.2 Å². The summed E-state index contributed by atoms with van der Waals surface area (Å²) in [6, 6.07) is 3.63. The maximum atomic E-state index is 13.1. The molecule has 1 amide bonds. The number of carboxylic acids is 1. The number of hydrogen-bond acceptors (Lipinski definition) is 3. The van der Waals surface area contributed by atoms with Crippen molar-refractivity contribution in [2.24, 2.45) is 0 Å². The van der Waals surface area contributed by atoms with Gasteiger partial charge in [0.15, 0.2) is 0 Å². The summed E-state index contributed by atoms with van der Waals surface area (Å²) < 4.78 is 39.2. The lowest BCUT2D eigenvalue weighted by Gasteiger charge is -2.32. The van der Waals surface area contributed by atoms with Gasteiger partial charge in [0.2, 0.25) is 5.91 Å². The van der Waals surface area contributed by atoms with Crippen LogP contribution in [0.15, 0.2) is 30.6 Å². The van der Waals surface area contributed by atoms with Gasteiger partial charge in [-0.1, -0.05) is 18.2 Å². The third kappa shape index (κ3) is 3.35. The first-order valence-corrected chi connectivity index (χ1v) is 7.46. The van der Waals surface area contributed by atoms with E-state index in [1.807, 2.05) is 0 Å². The van der Waals surface area contributed by atoms with Crippen LogP contribution < -0.4 is 0 Å². The number of benzene rings is 1. The Morgan fingerprint density at radius 1 is 1.32 bits per heavy atom. The molecule has 9 heteroatoms. The number of carboxylic acid groups (broad SMARTS) is 1. The van der Waals surface area contributed by atoms with Crippen LogP contribution in [0.25, 0.3) is 0 Å². The van der Waals surface area contributed by atoms with E-state index in [-0.39, 0.29) is 18.5 Å². The van der Waals surface area contributed by atoms with E-state index in [1.54, 1.807) is 0 Å². The molecule has 0 saturated carbocycles. The lowest BCUT2D eigenvalue weighted by atomic mass is 9.99. The summed E-state index contributed by atoms with van der Waals surface area (Å²) in [6.45, 7) is -0.0285. The molecule has 2 N–H and O–H groups in total. The van der Waals surface area contributed by atoms with Crippen molar-refractivity contribution in [2.45, 2.75) is 31.6 Å². The zero-order chi connectivity index (χ0) is 18.2. The van der Waals surface area contributed by atoms with Crippen molar-refractivity contribution in [3.63, 3.8) is 0 Å². The molecule has 0 aliphatic carbocycles. The summed E-state index contributed by atoms with van der Waals surface area (Å²) >= 11 is 0. The summed E-state index contributed by atoms with van der Waals surface area (Å²) in [4.78, 5) is 31.9. The lowest BCUT2D eigenvalue weighted by molar-refractivity contribution is -0.151. The maximum absolute atomic E-state index is 13.1. The molecule has 2 heterocycles. The van der Waals surface area contributed by atoms with Crippen LogP contribution in [0.1, 0.15) is 22.5 Å². The monoisotopic (exact) mass is 353 g/mol. The fourth-order valence-corrected chi connectivity index (χ4v) is 2.93. The number of nitrogens with zero attached hydrogens (tertiary/aromatic N) is 2. The maximum Gasteiger partial charge on any atom is 0.416 e. The first-order chi connectivity index (χ1) is 11.8. The quantitative estimate of drug-likeness (QED) is 0.884. The summed E-state index contributed by atoms with van der Waals surface area (Å²) in [6.07, 6.45) is -3.69. The number of H-pyrrole nitrogens is 1. The number of alkyl halides is 3. The van der Waals surface area contributed by atoms with Gasteiger partial charge in [0.05, 0.1) is 36.2 Å². The van der Waals surface area contributed by atoms with Gasteiger partial charge < -0.3 is 15.0 Å². The molecule has 1 aromatic heterocycles. The SMILES string of the molecule is O=C(O)[C@@H]1Cc2nc[nH]c2CN1C(=O)Cc1ccccc1C(F)(F)F. The Morgan fingerprint density at radius 2 is 2.04 bits per heavy atom. The standard InChI is InChI=1S/C16H14F3N3O3/c17-16(18,19)10-4-2-1-3-9(10)5-14(23)22-7-12-11(20-8-21-12)6-13(22)15(24)25/h1-4,8,13H,5-7H2,(H,20,21)(H,24,25)/t13-/m0/s1. The highest BCUT2D eigenvalue weighted by molar-refractivity contribution is 5.85. The largest absolute Gasteiger partial charge is 0.480 e. The van der Waals surface area contributed by atoms with Gasteiger partial charge in [-0.25, -0.2) is 9.78 Å². The minimum absolute atomic E-state index is 0.0147. The number of fused-ring (bicyclic) bond motifs is 1. The molecule has 0 bridgehead atoms. The molecule has 0 spiro atoms. The molecule has 1 aliphatic heterocycles. The molecule has 0 fully saturated rings. The van der Waals surface area contributed by atoms with E-state index in [0.29, 0.717) is 11.4 Å². The van der Waals surface area contributed by atoms with Crippen LogP contribution in [-0.2, 0) is 35.2 Å². The molecule has 1 aromatic carbocycles. The van der Waals surface area contributed by atoms with Crippen molar-refractivity contribution < 1.29 is 27.9 Å². The minimum Gasteiger partial charge on any atom is -0.480 e. The molecule has 1 aliphatic rings. The van der Waals surface area contributed by atoms with E-state index in [9.17, 15) is 27.9 Å². The van der Waals surface area contributed by atoms with Crippen molar-refractivity contribution in [2.75, 3.05) is 0 Å². The minimum atomic E-state index is -4.58. The first-order valence-electron chi connectivity index (χ1n) is 7.46. The van der Waals surface area contributed by atoms with Crippen LogP contribution in [-0.4, -0.2) is 37.9 Å². The molecular weight excluding hydrogens is 339 g/mol. The van der Waals surface area contributed by atoms with Gasteiger partial charge in [-0.15, -0.1) is 0 Å². The van der Waals surface area contributed by atoms with E-state index < -0.39 is 36.1 Å². The van der Waals surface area contributed by atoms with Crippen LogP contribution in [0.2, 0.25) is 0 Å². The Kier molecular flexibility index (Phi) is 4.23. The number of halogens is 3. The number of nitrogens with one attached hydrogen (secondary N) is 1. The third-order valence-corrected chi connectivity index (χ3v) is 4.17. The average Bonchev–Trinajstić information content (AvgIpc) is 3.00. The summed E-state index contributed by atoms with van der Waals surface area (Å²) in [5, 5.41) is 9.36. The fraction of sp³-hybridized carbons (Fsp3) is 0.312. The summed E-state index contributed by atoms with van der Waals surface area (Å²) in [5.41, 5.74) is 0.0658. The number of carbonyl (C=O) groups is 2. The summed E-state index contributed by atoms with van der Waals surface area (Å²) in [7, 11) is 0. The van der Waals surface area contributed by atoms with Crippen molar-refractivity contribution >= 4 is 11.9 Å². The van der Waals surface area contributed by atoms with E-state index in [4.69, 9.17) is 0 Å². The van der Waals surface area contributed by atoms with Gasteiger partial charge in [0.1, 0.15) is 6.04 Å². The molecule has 132 valence electrons. The van der Waals surface area contributed by atoms with Gasteiger partial charge in [-0.3, -0.25) is 4.79 Å². The number of amides is 1. The zero-order valence-electron chi connectivity index (χ0n) is 12.9. The lowest BCUT2D eigenvalue weighted by Crippen LogP contribution is -2.49. The molecule has 3 rings (SSSR count). The normalized spacial score (nSPS) is 17.2. The fourth-order valence-electron chi connectivity index (χ4n) is 2.93. The third-order valence-electron chi connectivity index (χ3n) is 4.17. The van der Waals surface area contributed by atoms with Crippen LogP contribution in [0, 0.1) is 0 Å². The van der Waals surface area contributed by atoms with E-state index in [2.05, 4.69) is 9.97 Å². The molecule has 0 unspecified atom stereocenters. The number of aromatic amines is 1. The Hall–Kier alpha value is -2.84. The van der Waals surface area contributed by atoms with Gasteiger partial charge in [0.25, 0.3) is 0 Å². The zero-order valence-corrected chi connectivity index (χ0v) is 12.9. The molecule has 6 nitrogen and oxygen atoms in total. The smallest absolute Gasteiger partial charge is 0.416 e. The van der Waals surface area contributed by atoms with E-state index in [1.165, 1.54) is 24.5 Å². The second kappa shape index (κ2) is 6.23. The Balaban J connectivity index is 1.87. The first kappa shape index (κ1) is 17.0. The number of rotatable bonds is 3. The second-order valence-corrected chi connectivity index (χ2v) is 5.74. The van der Waals surface area contributed by atoms with Crippen molar-refractivity contribution in [3.05, 3.63) is 53.1 Å². The number of hydrogen-bond donors (Lipinski definition) is 2. The molecule has 25 heavy (non-hydrogen) atoms.